The summed E-state index contributed by atoms with van der Waals surface area (Å²) in [5.74, 6) is 0.273. The number of aromatic amines is 1. The molecule has 0 saturated carbocycles. The van der Waals surface area contributed by atoms with Gasteiger partial charge in [-0.3, -0.25) is 9.69 Å². The molecule has 4 heteroatoms. The molecule has 138 valence electrons. The zero-order valence-electron chi connectivity index (χ0n) is 16.3. The van der Waals surface area contributed by atoms with Crippen molar-refractivity contribution < 1.29 is 4.79 Å². The van der Waals surface area contributed by atoms with Gasteiger partial charge in [0.2, 0.25) is 5.91 Å². The van der Waals surface area contributed by atoms with Crippen LogP contribution in [0.2, 0.25) is 0 Å². The highest BCUT2D eigenvalue weighted by molar-refractivity contribution is 6.00. The van der Waals surface area contributed by atoms with Crippen LogP contribution in [-0.4, -0.2) is 53.4 Å². The lowest BCUT2D eigenvalue weighted by atomic mass is 9.72. The molecule has 0 unspecified atom stereocenters. The van der Waals surface area contributed by atoms with Crippen molar-refractivity contribution in [3.05, 3.63) is 41.6 Å². The van der Waals surface area contributed by atoms with Crippen molar-refractivity contribution in [3.63, 3.8) is 0 Å². The molecule has 1 aromatic heterocycles. The zero-order valence-corrected chi connectivity index (χ0v) is 16.3. The molecule has 4 rings (SSSR count). The minimum atomic E-state index is -0.428. The molecule has 1 N–H and O–H groups in total. The second-order valence-electron chi connectivity index (χ2n) is 7.76. The van der Waals surface area contributed by atoms with Crippen molar-refractivity contribution >= 4 is 22.4 Å². The number of nitrogens with one attached hydrogen (secondary N) is 1. The van der Waals surface area contributed by atoms with Crippen molar-refractivity contribution in [1.29, 1.82) is 0 Å². The highest BCUT2D eigenvalue weighted by Crippen LogP contribution is 2.45. The second-order valence-corrected chi connectivity index (χ2v) is 7.76. The van der Waals surface area contributed by atoms with Crippen LogP contribution in [0.5, 0.6) is 0 Å². The minimum absolute atomic E-state index is 0.273. The molecule has 26 heavy (non-hydrogen) atoms. The first-order chi connectivity index (χ1) is 12.5. The van der Waals surface area contributed by atoms with Crippen molar-refractivity contribution in [2.75, 3.05) is 26.7 Å². The standard InChI is InChI=1S/C22H29N3O/c1-5-22(21(26)25(6-2)7-3)12-17-16-9-8-10-18-20(16)15(13-23-18)11-19(17)24(4)14-22/h8-10,12-13,19,23H,5-7,11,14H2,1-4H3/t19-,22+/m1/s1. The maximum absolute atomic E-state index is 13.4. The number of benzene rings is 1. The van der Waals surface area contributed by atoms with Crippen LogP contribution in [0.15, 0.2) is 30.5 Å². The Kier molecular flexibility index (Phi) is 4.19. The average Bonchev–Trinajstić information content (AvgIpc) is 3.08. The Balaban J connectivity index is 1.89. The van der Waals surface area contributed by atoms with E-state index in [1.165, 1.54) is 27.6 Å². The van der Waals surface area contributed by atoms with Gasteiger partial charge < -0.3 is 9.88 Å². The molecular formula is C22H29N3O. The molecule has 0 fully saturated rings. The Morgan fingerprint density at radius 3 is 2.77 bits per heavy atom. The summed E-state index contributed by atoms with van der Waals surface area (Å²) in [6, 6.07) is 6.84. The highest BCUT2D eigenvalue weighted by Gasteiger charge is 2.45. The average molecular weight is 351 g/mol. The maximum atomic E-state index is 13.4. The smallest absolute Gasteiger partial charge is 0.233 e. The van der Waals surface area contributed by atoms with Crippen LogP contribution >= 0.6 is 0 Å². The summed E-state index contributed by atoms with van der Waals surface area (Å²) in [7, 11) is 2.18. The first-order valence-electron chi connectivity index (χ1n) is 9.86. The number of aromatic nitrogens is 1. The van der Waals surface area contributed by atoms with E-state index in [1.54, 1.807) is 0 Å². The fourth-order valence-electron chi connectivity index (χ4n) is 4.94. The molecule has 2 aliphatic rings. The van der Waals surface area contributed by atoms with Crippen molar-refractivity contribution in [2.24, 2.45) is 5.41 Å². The summed E-state index contributed by atoms with van der Waals surface area (Å²) < 4.78 is 0. The van der Waals surface area contributed by atoms with Gasteiger partial charge in [0.05, 0.1) is 5.41 Å². The predicted octanol–water partition coefficient (Wildman–Crippen LogP) is 3.69. The Labute approximate surface area is 155 Å². The third-order valence-electron chi connectivity index (χ3n) is 6.47. The third-order valence-corrected chi connectivity index (χ3v) is 6.47. The fourth-order valence-corrected chi connectivity index (χ4v) is 4.94. The molecule has 1 aliphatic carbocycles. The van der Waals surface area contributed by atoms with Gasteiger partial charge in [-0.15, -0.1) is 0 Å². The molecule has 1 aliphatic heterocycles. The van der Waals surface area contributed by atoms with Crippen LogP contribution < -0.4 is 0 Å². The molecule has 0 spiro atoms. The number of rotatable bonds is 4. The Hall–Kier alpha value is -2.07. The number of hydrogen-bond acceptors (Lipinski definition) is 2. The van der Waals surface area contributed by atoms with E-state index in [1.807, 2.05) is 4.90 Å². The quantitative estimate of drug-likeness (QED) is 0.912. The maximum Gasteiger partial charge on any atom is 0.233 e. The van der Waals surface area contributed by atoms with Gasteiger partial charge in [0.15, 0.2) is 0 Å². The van der Waals surface area contributed by atoms with E-state index in [4.69, 9.17) is 0 Å². The first-order valence-corrected chi connectivity index (χ1v) is 9.86. The highest BCUT2D eigenvalue weighted by atomic mass is 16.2. The largest absolute Gasteiger partial charge is 0.361 e. The lowest BCUT2D eigenvalue weighted by Crippen LogP contribution is -2.54. The topological polar surface area (TPSA) is 39.3 Å². The summed E-state index contributed by atoms with van der Waals surface area (Å²) in [6.45, 7) is 8.62. The van der Waals surface area contributed by atoms with E-state index in [0.29, 0.717) is 6.04 Å². The Morgan fingerprint density at radius 2 is 2.08 bits per heavy atom. The van der Waals surface area contributed by atoms with E-state index >= 15 is 0 Å². The minimum Gasteiger partial charge on any atom is -0.361 e. The van der Waals surface area contributed by atoms with Gasteiger partial charge in [0.1, 0.15) is 0 Å². The number of H-pyrrole nitrogens is 1. The Morgan fingerprint density at radius 1 is 1.31 bits per heavy atom. The van der Waals surface area contributed by atoms with E-state index in [2.05, 4.69) is 68.2 Å². The zero-order chi connectivity index (χ0) is 18.5. The lowest BCUT2D eigenvalue weighted by molar-refractivity contribution is -0.140. The number of hydrogen-bond donors (Lipinski definition) is 1. The molecule has 2 heterocycles. The van der Waals surface area contributed by atoms with E-state index in [9.17, 15) is 4.79 Å². The van der Waals surface area contributed by atoms with E-state index in [-0.39, 0.29) is 5.91 Å². The predicted molar refractivity (Wildman–Crippen MR) is 107 cm³/mol. The van der Waals surface area contributed by atoms with Crippen molar-refractivity contribution in [1.82, 2.24) is 14.8 Å². The van der Waals surface area contributed by atoms with E-state index < -0.39 is 5.41 Å². The second kappa shape index (κ2) is 6.27. The summed E-state index contributed by atoms with van der Waals surface area (Å²) in [5.41, 5.74) is 4.79. The normalized spacial score (nSPS) is 25.1. The van der Waals surface area contributed by atoms with Gasteiger partial charge in [-0.1, -0.05) is 25.1 Å². The third kappa shape index (κ3) is 2.35. The van der Waals surface area contributed by atoms with Crippen LogP contribution in [-0.2, 0) is 11.2 Å². The molecule has 1 amide bonds. The summed E-state index contributed by atoms with van der Waals surface area (Å²) in [5, 5.41) is 1.34. The van der Waals surface area contributed by atoms with Crippen molar-refractivity contribution in [3.8, 4) is 0 Å². The van der Waals surface area contributed by atoms with Gasteiger partial charge >= 0.3 is 0 Å². The molecule has 0 bridgehead atoms. The number of likely N-dealkylation sites (N-methyl/N-ethyl adjacent to an activating group) is 1. The molecule has 0 saturated heterocycles. The van der Waals surface area contributed by atoms with Gasteiger partial charge in [0, 0.05) is 42.8 Å². The first kappa shape index (κ1) is 17.3. The van der Waals surface area contributed by atoms with Gasteiger partial charge in [0.25, 0.3) is 0 Å². The van der Waals surface area contributed by atoms with Crippen LogP contribution in [0.4, 0.5) is 0 Å². The van der Waals surface area contributed by atoms with Gasteiger partial charge in [-0.25, -0.2) is 0 Å². The summed E-state index contributed by atoms with van der Waals surface area (Å²) in [6.07, 6.45) is 6.32. The monoisotopic (exact) mass is 351 g/mol. The van der Waals surface area contributed by atoms with Gasteiger partial charge in [-0.2, -0.15) is 0 Å². The number of amides is 1. The molecule has 1 aromatic carbocycles. The molecular weight excluding hydrogens is 322 g/mol. The molecule has 4 nitrogen and oxygen atoms in total. The summed E-state index contributed by atoms with van der Waals surface area (Å²) in [4.78, 5) is 21.2. The Bertz CT molecular complexity index is 877. The van der Waals surface area contributed by atoms with Gasteiger partial charge in [-0.05, 0) is 56.5 Å². The number of carbonyl (C=O) groups excluding carboxylic acids is 1. The molecule has 2 aromatic rings. The number of carbonyl (C=O) groups is 1. The van der Waals surface area contributed by atoms with E-state index in [0.717, 1.165) is 32.5 Å². The molecule has 2 atom stereocenters. The molecule has 0 radical (unpaired) electrons. The SMILES string of the molecule is CCN(CC)C(=O)[C@@]1(CC)C=C2c3cccc4[nH]cc(c34)C[C@H]2N(C)C1. The van der Waals surface area contributed by atoms with Crippen LogP contribution in [0.25, 0.3) is 16.5 Å². The lowest BCUT2D eigenvalue weighted by Gasteiger charge is -2.46. The van der Waals surface area contributed by atoms with Crippen LogP contribution in [0.1, 0.15) is 38.3 Å². The fraction of sp³-hybridized carbons (Fsp3) is 0.500. The number of nitrogens with zero attached hydrogens (tertiary/aromatic N) is 2. The number of fused-ring (bicyclic) bond motifs is 2. The van der Waals surface area contributed by atoms with Crippen molar-refractivity contribution in [2.45, 2.75) is 39.7 Å². The van der Waals surface area contributed by atoms with Crippen LogP contribution in [0, 0.1) is 5.41 Å². The van der Waals surface area contributed by atoms with Crippen LogP contribution in [0.3, 0.4) is 0 Å². The summed E-state index contributed by atoms with van der Waals surface area (Å²) >= 11 is 0.